The molecule has 1 aliphatic rings. The van der Waals surface area contributed by atoms with Gasteiger partial charge in [-0.15, -0.1) is 0 Å². The zero-order valence-electron chi connectivity index (χ0n) is 22.1. The highest BCUT2D eigenvalue weighted by Gasteiger charge is 2.32. The Bertz CT molecular complexity index is 1150. The lowest BCUT2D eigenvalue weighted by Crippen LogP contribution is -2.27. The zero-order valence-corrected chi connectivity index (χ0v) is 23.0. The average molecular weight is 504 g/mol. The molecule has 35 heavy (non-hydrogen) atoms. The number of benzene rings is 2. The molecule has 0 bridgehead atoms. The molecule has 7 nitrogen and oxygen atoms in total. The van der Waals surface area contributed by atoms with Crippen molar-refractivity contribution in [2.45, 2.75) is 38.4 Å². The van der Waals surface area contributed by atoms with E-state index >= 15 is 0 Å². The normalized spacial score (nSPS) is 15.6. The van der Waals surface area contributed by atoms with Crippen LogP contribution in [-0.2, 0) is 6.42 Å². The van der Waals surface area contributed by atoms with Crippen LogP contribution in [0.2, 0.25) is 0 Å². The van der Waals surface area contributed by atoms with Gasteiger partial charge in [-0.2, -0.15) is 0 Å². The molecule has 8 heteroatoms. The van der Waals surface area contributed by atoms with Gasteiger partial charge in [0.15, 0.2) is 23.0 Å². The lowest BCUT2D eigenvalue weighted by molar-refractivity contribution is 0.317. The van der Waals surface area contributed by atoms with E-state index in [1.807, 2.05) is 30.3 Å². The molecule has 0 aromatic heterocycles. The predicted octanol–water partition coefficient (Wildman–Crippen LogP) is 6.09. The molecule has 0 saturated heterocycles. The van der Waals surface area contributed by atoms with E-state index in [9.17, 15) is 5.21 Å². The summed E-state index contributed by atoms with van der Waals surface area (Å²) in [5.74, 6) is 3.03. The Morgan fingerprint density at radius 3 is 2.03 bits per heavy atom. The number of allylic oxidation sites excluding steroid dienone is 1. The summed E-state index contributed by atoms with van der Waals surface area (Å²) < 4.78 is 29.2. The highest BCUT2D eigenvalue weighted by molar-refractivity contribution is 8.30. The molecule has 192 valence electrons. The summed E-state index contributed by atoms with van der Waals surface area (Å²) in [6.45, 7) is 6.54. The van der Waals surface area contributed by atoms with E-state index in [1.165, 1.54) is 0 Å². The Hall–Kier alpha value is -3.00. The summed E-state index contributed by atoms with van der Waals surface area (Å²) in [5.41, 5.74) is 4.19. The van der Waals surface area contributed by atoms with Crippen LogP contribution in [0, 0.1) is 0 Å². The van der Waals surface area contributed by atoms with Gasteiger partial charge in [0.25, 0.3) is 0 Å². The van der Waals surface area contributed by atoms with Crippen LogP contribution in [-0.4, -0.2) is 56.6 Å². The standard InChI is InChI=1S/C27H37NO6S/c1-27(2,3)35(8,9)34-23-14-17(10-13-22(23)30-4)20-15-18(28-29)11-12-19-21(20)16-24(31-5)26(33-7)25(19)32-6/h10,13-16,29H,11-12H2,1-9H3/b28-18+. The van der Waals surface area contributed by atoms with Crippen LogP contribution in [0.25, 0.3) is 5.57 Å². The van der Waals surface area contributed by atoms with Crippen LogP contribution >= 0.6 is 10.3 Å². The third kappa shape index (κ3) is 5.17. The Kier molecular flexibility index (Phi) is 7.84. The molecule has 2 aromatic rings. The number of fused-ring (bicyclic) bond motifs is 1. The van der Waals surface area contributed by atoms with Crippen molar-refractivity contribution in [2.75, 3.05) is 41.0 Å². The first-order valence-corrected chi connectivity index (χ1v) is 13.7. The van der Waals surface area contributed by atoms with Crippen molar-refractivity contribution < 1.29 is 28.3 Å². The van der Waals surface area contributed by atoms with E-state index in [-0.39, 0.29) is 4.75 Å². The van der Waals surface area contributed by atoms with Crippen molar-refractivity contribution in [1.82, 2.24) is 0 Å². The van der Waals surface area contributed by atoms with Crippen molar-refractivity contribution >= 4 is 21.6 Å². The molecular formula is C27H37NO6S. The number of oxime groups is 1. The first-order valence-electron chi connectivity index (χ1n) is 11.4. The highest BCUT2D eigenvalue weighted by atomic mass is 32.3. The third-order valence-corrected chi connectivity index (χ3v) is 10.1. The van der Waals surface area contributed by atoms with Gasteiger partial charge in [-0.25, -0.2) is 0 Å². The van der Waals surface area contributed by atoms with Crippen LogP contribution in [0.3, 0.4) is 0 Å². The molecular weight excluding hydrogens is 466 g/mol. The minimum Gasteiger partial charge on any atom is -0.493 e. The SMILES string of the molecule is COc1ccc(C2=C/C(=N/O)CCc3c2cc(OC)c(OC)c3OC)cc1OS(C)(C)C(C)(C)C. The lowest BCUT2D eigenvalue weighted by Gasteiger charge is -2.44. The fourth-order valence-electron chi connectivity index (χ4n) is 3.85. The first-order chi connectivity index (χ1) is 16.5. The minimum absolute atomic E-state index is 0.0315. The van der Waals surface area contributed by atoms with E-state index < -0.39 is 10.3 Å². The molecule has 3 rings (SSSR count). The number of hydrogen-bond donors (Lipinski definition) is 1. The van der Waals surface area contributed by atoms with Gasteiger partial charge in [-0.1, -0.05) is 21.5 Å². The van der Waals surface area contributed by atoms with Crippen molar-refractivity contribution in [3.05, 3.63) is 47.0 Å². The summed E-state index contributed by atoms with van der Waals surface area (Å²) >= 11 is 0. The maximum atomic E-state index is 9.69. The quantitative estimate of drug-likeness (QED) is 0.364. The number of rotatable bonds is 7. The van der Waals surface area contributed by atoms with Crippen LogP contribution in [0.1, 0.15) is 43.9 Å². The molecule has 0 aliphatic heterocycles. The van der Waals surface area contributed by atoms with Crippen LogP contribution in [0.4, 0.5) is 0 Å². The molecule has 0 amide bonds. The second-order valence-corrected chi connectivity index (χ2v) is 13.5. The molecule has 1 aliphatic carbocycles. The van der Waals surface area contributed by atoms with Gasteiger partial charge in [0.1, 0.15) is 0 Å². The number of nitrogens with zero attached hydrogens (tertiary/aromatic N) is 1. The maximum absolute atomic E-state index is 9.69. The van der Waals surface area contributed by atoms with Gasteiger partial charge in [-0.3, -0.25) is 0 Å². The highest BCUT2D eigenvalue weighted by Crippen LogP contribution is 2.55. The molecule has 1 N–H and O–H groups in total. The maximum Gasteiger partial charge on any atom is 0.203 e. The predicted molar refractivity (Wildman–Crippen MR) is 144 cm³/mol. The largest absolute Gasteiger partial charge is 0.493 e. The van der Waals surface area contributed by atoms with Crippen LogP contribution in [0.15, 0.2) is 35.5 Å². The molecule has 0 fully saturated rings. The fraction of sp³-hybridized carbons (Fsp3) is 0.444. The molecule has 0 saturated carbocycles. The van der Waals surface area contributed by atoms with Gasteiger partial charge >= 0.3 is 0 Å². The zero-order chi connectivity index (χ0) is 26.0. The molecule has 0 radical (unpaired) electrons. The van der Waals surface area contributed by atoms with Gasteiger partial charge in [0, 0.05) is 10.3 Å². The first kappa shape index (κ1) is 26.6. The van der Waals surface area contributed by atoms with Crippen LogP contribution in [0.5, 0.6) is 28.7 Å². The summed E-state index contributed by atoms with van der Waals surface area (Å²) in [5, 5.41) is 13.2. The Balaban J connectivity index is 2.27. The molecule has 0 unspecified atom stereocenters. The number of hydrogen-bond acceptors (Lipinski definition) is 7. The average Bonchev–Trinajstić information content (AvgIpc) is 3.01. The Morgan fingerprint density at radius 2 is 1.49 bits per heavy atom. The minimum atomic E-state index is -1.46. The smallest absolute Gasteiger partial charge is 0.203 e. The van der Waals surface area contributed by atoms with Crippen molar-refractivity contribution in [2.24, 2.45) is 5.16 Å². The molecule has 0 heterocycles. The summed E-state index contributed by atoms with van der Waals surface area (Å²) in [6.07, 6.45) is 7.35. The van der Waals surface area contributed by atoms with Crippen molar-refractivity contribution in [3.63, 3.8) is 0 Å². The van der Waals surface area contributed by atoms with E-state index in [2.05, 4.69) is 38.4 Å². The Labute approximate surface area is 210 Å². The molecule has 0 spiro atoms. The van der Waals surface area contributed by atoms with Gasteiger partial charge in [-0.05, 0) is 87.1 Å². The second-order valence-electron chi connectivity index (χ2n) is 9.62. The lowest BCUT2D eigenvalue weighted by atomic mass is 9.92. The van der Waals surface area contributed by atoms with Gasteiger partial charge < -0.3 is 28.3 Å². The molecule has 0 atom stereocenters. The monoisotopic (exact) mass is 503 g/mol. The number of ether oxygens (including phenoxy) is 4. The summed E-state index contributed by atoms with van der Waals surface area (Å²) in [6, 6.07) is 7.81. The summed E-state index contributed by atoms with van der Waals surface area (Å²) in [7, 11) is 4.98. The van der Waals surface area contributed by atoms with Gasteiger partial charge in [0.2, 0.25) is 5.75 Å². The summed E-state index contributed by atoms with van der Waals surface area (Å²) in [4.78, 5) is 0. The van der Waals surface area contributed by atoms with E-state index in [4.69, 9.17) is 23.1 Å². The molecule has 2 aromatic carbocycles. The fourth-order valence-corrected chi connectivity index (χ4v) is 4.68. The second kappa shape index (κ2) is 10.3. The number of methoxy groups -OCH3 is 4. The van der Waals surface area contributed by atoms with E-state index in [0.717, 1.165) is 22.3 Å². The van der Waals surface area contributed by atoms with Crippen LogP contribution < -0.4 is 23.1 Å². The van der Waals surface area contributed by atoms with Crippen molar-refractivity contribution in [3.8, 4) is 28.7 Å². The van der Waals surface area contributed by atoms with E-state index in [1.54, 1.807) is 28.4 Å². The van der Waals surface area contributed by atoms with Crippen molar-refractivity contribution in [1.29, 1.82) is 0 Å². The van der Waals surface area contributed by atoms with E-state index in [0.29, 0.717) is 47.3 Å². The topological polar surface area (TPSA) is 78.7 Å². The van der Waals surface area contributed by atoms with Gasteiger partial charge in [0.05, 0.1) is 34.2 Å². The Morgan fingerprint density at radius 1 is 0.829 bits per heavy atom. The third-order valence-electron chi connectivity index (χ3n) is 6.54.